The maximum absolute atomic E-state index is 13.7. The van der Waals surface area contributed by atoms with Crippen molar-refractivity contribution in [3.63, 3.8) is 0 Å². The highest BCUT2D eigenvalue weighted by Gasteiger charge is 2.15. The number of nitrogens with one attached hydrogen (secondary N) is 1. The van der Waals surface area contributed by atoms with Crippen molar-refractivity contribution in [3.8, 4) is 0 Å². The lowest BCUT2D eigenvalue weighted by Gasteiger charge is -2.18. The molecule has 0 aliphatic carbocycles. The zero-order valence-electron chi connectivity index (χ0n) is 13.1. The van der Waals surface area contributed by atoms with E-state index in [1.165, 1.54) is 0 Å². The fourth-order valence-corrected chi connectivity index (χ4v) is 2.29. The summed E-state index contributed by atoms with van der Waals surface area (Å²) in [4.78, 5) is 0. The summed E-state index contributed by atoms with van der Waals surface area (Å²) in [5.41, 5.74) is 9.10. The molecule has 4 nitrogen and oxygen atoms in total. The van der Waals surface area contributed by atoms with E-state index in [1.54, 1.807) is 19.1 Å². The molecule has 21 heavy (non-hydrogen) atoms. The van der Waals surface area contributed by atoms with E-state index in [0.717, 1.165) is 30.0 Å². The van der Waals surface area contributed by atoms with Crippen LogP contribution >= 0.6 is 0 Å². The number of hydrogen-bond donors (Lipinski definition) is 2. The number of nitrogens with two attached hydrogens (primary N) is 1. The number of halogens is 1. The van der Waals surface area contributed by atoms with Crippen LogP contribution in [0, 0.1) is 19.7 Å². The van der Waals surface area contributed by atoms with Gasteiger partial charge in [0.15, 0.2) is 0 Å². The van der Waals surface area contributed by atoms with Crippen molar-refractivity contribution in [2.45, 2.75) is 46.7 Å². The van der Waals surface area contributed by atoms with Gasteiger partial charge >= 0.3 is 0 Å². The van der Waals surface area contributed by atoms with Gasteiger partial charge in [-0.15, -0.1) is 0 Å². The molecule has 3 N–H and O–H groups in total. The van der Waals surface area contributed by atoms with Gasteiger partial charge in [-0.25, -0.2) is 9.07 Å². The van der Waals surface area contributed by atoms with Crippen molar-refractivity contribution >= 4 is 11.5 Å². The Morgan fingerprint density at radius 2 is 2.10 bits per heavy atom. The van der Waals surface area contributed by atoms with Gasteiger partial charge in [-0.2, -0.15) is 5.10 Å². The maximum Gasteiger partial charge on any atom is 0.148 e. The van der Waals surface area contributed by atoms with Crippen LogP contribution < -0.4 is 11.1 Å². The molecule has 1 aromatic carbocycles. The highest BCUT2D eigenvalue weighted by molar-refractivity contribution is 5.65. The third-order valence-electron chi connectivity index (χ3n) is 3.66. The smallest absolute Gasteiger partial charge is 0.148 e. The summed E-state index contributed by atoms with van der Waals surface area (Å²) in [6.45, 7) is 8.53. The van der Waals surface area contributed by atoms with Crippen LogP contribution in [0.5, 0.6) is 0 Å². The highest BCUT2D eigenvalue weighted by Crippen LogP contribution is 2.27. The molecule has 1 unspecified atom stereocenters. The quantitative estimate of drug-likeness (QED) is 0.880. The molecule has 1 heterocycles. The average Bonchev–Trinajstić information content (AvgIpc) is 2.70. The molecule has 0 aliphatic heterocycles. The van der Waals surface area contributed by atoms with Gasteiger partial charge in [0.05, 0.1) is 17.4 Å². The number of hydrogen-bond acceptors (Lipinski definition) is 3. The van der Waals surface area contributed by atoms with Crippen LogP contribution in [0.1, 0.15) is 43.1 Å². The zero-order valence-corrected chi connectivity index (χ0v) is 13.1. The lowest BCUT2D eigenvalue weighted by atomic mass is 10.1. The molecule has 0 aliphatic rings. The summed E-state index contributed by atoms with van der Waals surface area (Å²) in [7, 11) is 0. The monoisotopic (exact) mass is 290 g/mol. The van der Waals surface area contributed by atoms with Crippen LogP contribution in [-0.2, 0) is 6.54 Å². The maximum atomic E-state index is 13.7. The minimum Gasteiger partial charge on any atom is -0.394 e. The summed E-state index contributed by atoms with van der Waals surface area (Å²) in [6, 6.07) is 5.24. The molecule has 0 spiro atoms. The average molecular weight is 290 g/mol. The number of benzene rings is 1. The fourth-order valence-electron chi connectivity index (χ4n) is 2.29. The number of aromatic nitrogens is 2. The van der Waals surface area contributed by atoms with Gasteiger partial charge in [0, 0.05) is 6.54 Å². The first-order valence-corrected chi connectivity index (χ1v) is 7.29. The van der Waals surface area contributed by atoms with E-state index in [9.17, 15) is 4.39 Å². The van der Waals surface area contributed by atoms with E-state index in [1.807, 2.05) is 24.6 Å². The Labute approximate surface area is 125 Å². The van der Waals surface area contributed by atoms with Crippen LogP contribution in [-0.4, -0.2) is 9.78 Å². The Bertz CT molecular complexity index is 633. The third kappa shape index (κ3) is 3.17. The zero-order chi connectivity index (χ0) is 15.6. The second kappa shape index (κ2) is 6.16. The largest absolute Gasteiger partial charge is 0.394 e. The topological polar surface area (TPSA) is 55.9 Å². The minimum absolute atomic E-state index is 0.0471. The Balaban J connectivity index is 2.26. The SMILES string of the molecule is CCCn1nc(C)c(N)c1NC(C)c1ccc(C)c(F)c1. The first-order chi connectivity index (χ1) is 9.93. The van der Waals surface area contributed by atoms with Crippen LogP contribution in [0.4, 0.5) is 15.9 Å². The molecule has 2 rings (SSSR count). The van der Waals surface area contributed by atoms with Gasteiger partial charge < -0.3 is 11.1 Å². The molecule has 1 atom stereocenters. The minimum atomic E-state index is -0.188. The Hall–Kier alpha value is -2.04. The summed E-state index contributed by atoms with van der Waals surface area (Å²) >= 11 is 0. The molecule has 0 amide bonds. The van der Waals surface area contributed by atoms with E-state index in [0.29, 0.717) is 11.3 Å². The molecule has 0 bridgehead atoms. The summed E-state index contributed by atoms with van der Waals surface area (Å²) in [5, 5.41) is 7.79. The van der Waals surface area contributed by atoms with Gasteiger partial charge in [-0.1, -0.05) is 19.1 Å². The standard InChI is InChI=1S/C16H23FN4/c1-5-8-21-16(15(18)12(4)20-21)19-11(3)13-7-6-10(2)14(17)9-13/h6-7,9,11,19H,5,8,18H2,1-4H3. The molecule has 0 saturated heterocycles. The molecule has 114 valence electrons. The van der Waals surface area contributed by atoms with Crippen molar-refractivity contribution in [1.82, 2.24) is 9.78 Å². The number of nitrogens with zero attached hydrogens (tertiary/aromatic N) is 2. The number of anilines is 2. The predicted molar refractivity (Wildman–Crippen MR) is 84.8 cm³/mol. The molecule has 5 heteroatoms. The highest BCUT2D eigenvalue weighted by atomic mass is 19.1. The van der Waals surface area contributed by atoms with Crippen molar-refractivity contribution in [2.24, 2.45) is 0 Å². The van der Waals surface area contributed by atoms with E-state index >= 15 is 0 Å². The molecular formula is C16H23FN4. The van der Waals surface area contributed by atoms with Crippen LogP contribution in [0.3, 0.4) is 0 Å². The Kier molecular flexibility index (Phi) is 4.50. The van der Waals surface area contributed by atoms with Gasteiger partial charge in [-0.05, 0) is 44.4 Å². The van der Waals surface area contributed by atoms with Crippen molar-refractivity contribution in [2.75, 3.05) is 11.1 Å². The molecule has 2 aromatic rings. The van der Waals surface area contributed by atoms with Crippen LogP contribution in [0.15, 0.2) is 18.2 Å². The summed E-state index contributed by atoms with van der Waals surface area (Å²) in [5.74, 6) is 0.621. The van der Waals surface area contributed by atoms with E-state index in [2.05, 4.69) is 17.3 Å². The lowest BCUT2D eigenvalue weighted by Crippen LogP contribution is -2.13. The van der Waals surface area contributed by atoms with Gasteiger partial charge in [0.25, 0.3) is 0 Å². The number of rotatable bonds is 5. The van der Waals surface area contributed by atoms with Crippen molar-refractivity contribution in [3.05, 3.63) is 40.8 Å². The van der Waals surface area contributed by atoms with Gasteiger partial charge in [-0.3, -0.25) is 0 Å². The summed E-state index contributed by atoms with van der Waals surface area (Å²) < 4.78 is 15.6. The molecule has 0 saturated carbocycles. The van der Waals surface area contributed by atoms with Crippen LogP contribution in [0.2, 0.25) is 0 Å². The summed E-state index contributed by atoms with van der Waals surface area (Å²) in [6.07, 6.45) is 0.975. The third-order valence-corrected chi connectivity index (χ3v) is 3.66. The fraction of sp³-hybridized carbons (Fsp3) is 0.438. The first-order valence-electron chi connectivity index (χ1n) is 7.29. The van der Waals surface area contributed by atoms with Crippen LogP contribution in [0.25, 0.3) is 0 Å². The Morgan fingerprint density at radius 3 is 2.71 bits per heavy atom. The Morgan fingerprint density at radius 1 is 1.38 bits per heavy atom. The van der Waals surface area contributed by atoms with Crippen molar-refractivity contribution < 1.29 is 4.39 Å². The molecule has 0 radical (unpaired) electrons. The molecule has 1 aromatic heterocycles. The van der Waals surface area contributed by atoms with Crippen molar-refractivity contribution in [1.29, 1.82) is 0 Å². The van der Waals surface area contributed by atoms with E-state index < -0.39 is 0 Å². The van der Waals surface area contributed by atoms with E-state index in [4.69, 9.17) is 5.73 Å². The number of nitrogen functional groups attached to an aromatic ring is 1. The second-order valence-corrected chi connectivity index (χ2v) is 5.45. The second-order valence-electron chi connectivity index (χ2n) is 5.45. The van der Waals surface area contributed by atoms with E-state index in [-0.39, 0.29) is 11.9 Å². The lowest BCUT2D eigenvalue weighted by molar-refractivity contribution is 0.597. The van der Waals surface area contributed by atoms with Gasteiger partial charge in [0.1, 0.15) is 11.6 Å². The molecule has 0 fully saturated rings. The predicted octanol–water partition coefficient (Wildman–Crippen LogP) is 3.80. The molecular weight excluding hydrogens is 267 g/mol. The normalized spacial score (nSPS) is 12.4. The first kappa shape index (κ1) is 15.4. The van der Waals surface area contributed by atoms with Gasteiger partial charge in [0.2, 0.25) is 0 Å². The number of aryl methyl sites for hydroxylation is 3.